The number of amides is 1. The van der Waals surface area contributed by atoms with Crippen LogP contribution >= 0.6 is 27.3 Å². The maximum atomic E-state index is 12.3. The van der Waals surface area contributed by atoms with Crippen LogP contribution in [0.15, 0.2) is 33.6 Å². The molecule has 0 saturated carbocycles. The quantitative estimate of drug-likeness (QED) is 0.801. The van der Waals surface area contributed by atoms with Gasteiger partial charge in [0.15, 0.2) is 0 Å². The van der Waals surface area contributed by atoms with Crippen molar-refractivity contribution < 1.29 is 9.53 Å². The van der Waals surface area contributed by atoms with Crippen LogP contribution in [-0.2, 0) is 6.54 Å². The molecule has 0 aliphatic carbocycles. The topological polar surface area (TPSA) is 42.4 Å². The molecule has 2 rings (SSSR count). The van der Waals surface area contributed by atoms with Gasteiger partial charge in [0.25, 0.3) is 5.91 Å². The average molecular weight is 369 g/mol. The van der Waals surface area contributed by atoms with Gasteiger partial charge in [-0.25, -0.2) is 4.98 Å². The van der Waals surface area contributed by atoms with E-state index in [-0.39, 0.29) is 12.0 Å². The molecule has 21 heavy (non-hydrogen) atoms. The van der Waals surface area contributed by atoms with Gasteiger partial charge in [0.1, 0.15) is 0 Å². The fraction of sp³-hybridized carbons (Fsp3) is 0.333. The summed E-state index contributed by atoms with van der Waals surface area (Å²) in [4.78, 5) is 18.2. The molecule has 6 heteroatoms. The van der Waals surface area contributed by atoms with Gasteiger partial charge in [0.05, 0.1) is 15.5 Å². The maximum Gasteiger partial charge on any atom is 0.255 e. The van der Waals surface area contributed by atoms with Crippen LogP contribution in [0.25, 0.3) is 0 Å². The number of rotatable bonds is 5. The average Bonchev–Trinajstić information content (AvgIpc) is 2.83. The summed E-state index contributed by atoms with van der Waals surface area (Å²) in [7, 11) is 1.78. The van der Waals surface area contributed by atoms with E-state index in [4.69, 9.17) is 4.74 Å². The Kier molecular flexibility index (Phi) is 5.36. The summed E-state index contributed by atoms with van der Waals surface area (Å²) in [6, 6.07) is 5.49. The lowest BCUT2D eigenvalue weighted by atomic mass is 10.2. The Labute approximate surface area is 136 Å². The molecule has 0 bridgehead atoms. The summed E-state index contributed by atoms with van der Waals surface area (Å²) < 4.78 is 6.53. The highest BCUT2D eigenvalue weighted by atomic mass is 79.9. The van der Waals surface area contributed by atoms with E-state index >= 15 is 0 Å². The number of hydrogen-bond donors (Lipinski definition) is 0. The minimum Gasteiger partial charge on any atom is -0.475 e. The molecule has 2 heterocycles. The van der Waals surface area contributed by atoms with Crippen molar-refractivity contribution in [1.29, 1.82) is 0 Å². The first-order valence-corrected chi connectivity index (χ1v) is 8.24. The lowest BCUT2D eigenvalue weighted by molar-refractivity contribution is 0.0784. The van der Waals surface area contributed by atoms with Crippen LogP contribution in [0.3, 0.4) is 0 Å². The molecule has 0 unspecified atom stereocenters. The van der Waals surface area contributed by atoms with E-state index in [1.807, 2.05) is 25.3 Å². The molecule has 0 aliphatic heterocycles. The second-order valence-corrected chi connectivity index (χ2v) is 7.26. The Balaban J connectivity index is 2.01. The van der Waals surface area contributed by atoms with Crippen LogP contribution < -0.4 is 4.74 Å². The zero-order valence-electron chi connectivity index (χ0n) is 12.2. The van der Waals surface area contributed by atoms with Crippen molar-refractivity contribution in [2.24, 2.45) is 0 Å². The molecule has 4 nitrogen and oxygen atoms in total. The number of hydrogen-bond acceptors (Lipinski definition) is 4. The molecule has 2 aromatic rings. The SMILES string of the molecule is CC(C)Oc1ccc(C(=O)N(C)Cc2csc(Br)c2)cn1. The zero-order chi connectivity index (χ0) is 15.4. The third-order valence-corrected chi connectivity index (χ3v) is 4.28. The molecule has 2 aromatic heterocycles. The van der Waals surface area contributed by atoms with Gasteiger partial charge < -0.3 is 9.64 Å². The highest BCUT2D eigenvalue weighted by molar-refractivity contribution is 9.11. The van der Waals surface area contributed by atoms with Crippen molar-refractivity contribution in [3.63, 3.8) is 0 Å². The standard InChI is InChI=1S/C15H17BrN2O2S/c1-10(2)20-14-5-4-12(7-17-14)15(19)18(3)8-11-6-13(16)21-9-11/h4-7,9-10H,8H2,1-3H3. The van der Waals surface area contributed by atoms with Gasteiger partial charge in [-0.05, 0) is 52.9 Å². The molecule has 0 aliphatic rings. The Morgan fingerprint density at radius 2 is 2.24 bits per heavy atom. The van der Waals surface area contributed by atoms with Gasteiger partial charge in [-0.3, -0.25) is 4.79 Å². The minimum atomic E-state index is -0.0547. The lowest BCUT2D eigenvalue weighted by Crippen LogP contribution is -2.26. The zero-order valence-corrected chi connectivity index (χ0v) is 14.6. The summed E-state index contributed by atoms with van der Waals surface area (Å²) in [5, 5.41) is 2.03. The number of nitrogens with zero attached hydrogens (tertiary/aromatic N) is 2. The van der Waals surface area contributed by atoms with Crippen LogP contribution in [0.2, 0.25) is 0 Å². The van der Waals surface area contributed by atoms with Crippen molar-refractivity contribution in [1.82, 2.24) is 9.88 Å². The first kappa shape index (κ1) is 16.0. The first-order valence-electron chi connectivity index (χ1n) is 6.57. The van der Waals surface area contributed by atoms with Crippen molar-refractivity contribution >= 4 is 33.2 Å². The van der Waals surface area contributed by atoms with Gasteiger partial charge in [0.2, 0.25) is 5.88 Å². The van der Waals surface area contributed by atoms with Crippen LogP contribution in [0.1, 0.15) is 29.8 Å². The van der Waals surface area contributed by atoms with Crippen molar-refractivity contribution in [3.8, 4) is 5.88 Å². The third kappa shape index (κ3) is 4.54. The molecule has 0 aromatic carbocycles. The molecular weight excluding hydrogens is 352 g/mol. The smallest absolute Gasteiger partial charge is 0.255 e. The molecule has 112 valence electrons. The second-order valence-electron chi connectivity index (χ2n) is 4.97. The van der Waals surface area contributed by atoms with Gasteiger partial charge in [-0.1, -0.05) is 0 Å². The van der Waals surface area contributed by atoms with Gasteiger partial charge in [-0.2, -0.15) is 0 Å². The van der Waals surface area contributed by atoms with E-state index in [1.165, 1.54) is 0 Å². The fourth-order valence-electron chi connectivity index (χ4n) is 1.81. The van der Waals surface area contributed by atoms with Crippen LogP contribution in [-0.4, -0.2) is 28.9 Å². The summed E-state index contributed by atoms with van der Waals surface area (Å²) >= 11 is 5.03. The Bertz CT molecular complexity index is 610. The largest absolute Gasteiger partial charge is 0.475 e. The number of halogens is 1. The fourth-order valence-corrected chi connectivity index (χ4v) is 3.01. The third-order valence-electron chi connectivity index (χ3n) is 2.73. The highest BCUT2D eigenvalue weighted by Crippen LogP contribution is 2.22. The second kappa shape index (κ2) is 7.04. The molecule has 0 atom stereocenters. The first-order chi connectivity index (χ1) is 9.95. The highest BCUT2D eigenvalue weighted by Gasteiger charge is 2.13. The number of pyridine rings is 1. The Morgan fingerprint density at radius 1 is 1.48 bits per heavy atom. The van der Waals surface area contributed by atoms with Crippen LogP contribution in [0, 0.1) is 0 Å². The van der Waals surface area contributed by atoms with E-state index in [2.05, 4.69) is 20.9 Å². The van der Waals surface area contributed by atoms with E-state index in [0.717, 1.165) is 9.35 Å². The number of carbonyl (C=O) groups excluding carboxylic acids is 1. The lowest BCUT2D eigenvalue weighted by Gasteiger charge is -2.16. The minimum absolute atomic E-state index is 0.0547. The normalized spacial score (nSPS) is 10.7. The molecule has 0 radical (unpaired) electrons. The summed E-state index contributed by atoms with van der Waals surface area (Å²) in [5.74, 6) is 0.479. The van der Waals surface area contributed by atoms with E-state index < -0.39 is 0 Å². The van der Waals surface area contributed by atoms with Crippen molar-refractivity contribution in [3.05, 3.63) is 44.7 Å². The molecule has 1 amide bonds. The molecule has 0 spiro atoms. The van der Waals surface area contributed by atoms with Crippen LogP contribution in [0.5, 0.6) is 5.88 Å². The number of carbonyl (C=O) groups is 1. The number of aromatic nitrogens is 1. The van der Waals surface area contributed by atoms with E-state index in [1.54, 1.807) is 41.6 Å². The molecular formula is C15H17BrN2O2S. The molecule has 0 N–H and O–H groups in total. The van der Waals surface area contributed by atoms with E-state index in [0.29, 0.717) is 18.0 Å². The number of ether oxygens (including phenoxy) is 1. The Morgan fingerprint density at radius 3 is 2.76 bits per heavy atom. The van der Waals surface area contributed by atoms with Crippen molar-refractivity contribution in [2.75, 3.05) is 7.05 Å². The monoisotopic (exact) mass is 368 g/mol. The molecule has 0 saturated heterocycles. The van der Waals surface area contributed by atoms with E-state index in [9.17, 15) is 4.79 Å². The van der Waals surface area contributed by atoms with Crippen molar-refractivity contribution in [2.45, 2.75) is 26.5 Å². The maximum absolute atomic E-state index is 12.3. The Hall–Kier alpha value is -1.40. The van der Waals surface area contributed by atoms with Gasteiger partial charge in [0, 0.05) is 25.9 Å². The predicted molar refractivity (Wildman–Crippen MR) is 87.8 cm³/mol. The van der Waals surface area contributed by atoms with Crippen LogP contribution in [0.4, 0.5) is 0 Å². The summed E-state index contributed by atoms with van der Waals surface area (Å²) in [6.07, 6.45) is 1.62. The predicted octanol–water partition coefficient (Wildman–Crippen LogP) is 3.97. The van der Waals surface area contributed by atoms with Gasteiger partial charge >= 0.3 is 0 Å². The molecule has 0 fully saturated rings. The summed E-state index contributed by atoms with van der Waals surface area (Å²) in [5.41, 5.74) is 1.67. The van der Waals surface area contributed by atoms with Gasteiger partial charge in [-0.15, -0.1) is 11.3 Å². The summed E-state index contributed by atoms with van der Waals surface area (Å²) in [6.45, 7) is 4.45. The number of thiophene rings is 1.